The van der Waals surface area contributed by atoms with Gasteiger partial charge in [-0.3, -0.25) is 4.79 Å². The van der Waals surface area contributed by atoms with Crippen LogP contribution in [0.4, 0.5) is 0 Å². The molecule has 84 valence electrons. The minimum absolute atomic E-state index is 0.116. The molecule has 0 saturated carbocycles. The largest absolute Gasteiger partial charge is 0.421 e. The Hall–Kier alpha value is -1.62. The molecule has 0 unspecified atom stereocenters. The van der Waals surface area contributed by atoms with E-state index in [0.717, 1.165) is 0 Å². The summed E-state index contributed by atoms with van der Waals surface area (Å²) in [6.45, 7) is 0. The highest BCUT2D eigenvalue weighted by Gasteiger charge is 2.08. The lowest BCUT2D eigenvalue weighted by Crippen LogP contribution is -2.14. The average molecular weight is 240 g/mol. The quantitative estimate of drug-likeness (QED) is 0.756. The second-order valence-corrected chi connectivity index (χ2v) is 3.68. The molecule has 0 fully saturated rings. The van der Waals surface area contributed by atoms with Crippen LogP contribution in [0.3, 0.4) is 0 Å². The van der Waals surface area contributed by atoms with Gasteiger partial charge >= 0.3 is 0 Å². The zero-order valence-corrected chi connectivity index (χ0v) is 9.44. The van der Waals surface area contributed by atoms with Crippen molar-refractivity contribution in [2.24, 2.45) is 7.05 Å². The van der Waals surface area contributed by atoms with Gasteiger partial charge in [-0.2, -0.15) is 0 Å². The SMILES string of the molecule is Cn1ccc(-c2nnc(CCCl)o2)cc1=O. The van der Waals surface area contributed by atoms with Crippen LogP contribution in [-0.2, 0) is 13.5 Å². The fourth-order valence-electron chi connectivity index (χ4n) is 1.23. The Labute approximate surface area is 96.7 Å². The molecule has 0 N–H and O–H groups in total. The van der Waals surface area contributed by atoms with Gasteiger partial charge in [-0.05, 0) is 6.07 Å². The Morgan fingerprint density at radius 3 is 3.00 bits per heavy atom. The number of aryl methyl sites for hydroxylation is 2. The topological polar surface area (TPSA) is 60.9 Å². The lowest BCUT2D eigenvalue weighted by atomic mass is 10.3. The molecule has 0 amide bonds. The molecule has 5 nitrogen and oxygen atoms in total. The molecule has 16 heavy (non-hydrogen) atoms. The summed E-state index contributed by atoms with van der Waals surface area (Å²) in [6, 6.07) is 3.21. The summed E-state index contributed by atoms with van der Waals surface area (Å²) < 4.78 is 6.82. The monoisotopic (exact) mass is 239 g/mol. The summed E-state index contributed by atoms with van der Waals surface area (Å²) in [4.78, 5) is 11.4. The summed E-state index contributed by atoms with van der Waals surface area (Å²) in [5, 5.41) is 7.68. The molecular weight excluding hydrogens is 230 g/mol. The molecule has 0 saturated heterocycles. The summed E-state index contributed by atoms with van der Waals surface area (Å²) >= 11 is 5.56. The molecule has 2 aromatic heterocycles. The van der Waals surface area contributed by atoms with Crippen molar-refractivity contribution >= 4 is 11.6 Å². The van der Waals surface area contributed by atoms with Crippen LogP contribution in [0.15, 0.2) is 27.5 Å². The predicted octanol–water partition coefficient (Wildman–Crippen LogP) is 1.22. The number of pyridine rings is 1. The van der Waals surface area contributed by atoms with Crippen LogP contribution >= 0.6 is 11.6 Å². The van der Waals surface area contributed by atoms with Crippen LogP contribution in [0.1, 0.15) is 5.89 Å². The Kier molecular flexibility index (Phi) is 3.05. The molecule has 6 heteroatoms. The summed E-state index contributed by atoms with van der Waals surface area (Å²) in [5.41, 5.74) is 0.506. The Balaban J connectivity index is 2.35. The molecule has 0 atom stereocenters. The van der Waals surface area contributed by atoms with Crippen molar-refractivity contribution in [1.29, 1.82) is 0 Å². The van der Waals surface area contributed by atoms with Gasteiger partial charge in [0.05, 0.1) is 0 Å². The molecule has 0 spiro atoms. The maximum Gasteiger partial charge on any atom is 0.251 e. The van der Waals surface area contributed by atoms with Gasteiger partial charge in [0.2, 0.25) is 11.8 Å². The molecule has 2 rings (SSSR count). The number of nitrogens with zero attached hydrogens (tertiary/aromatic N) is 3. The van der Waals surface area contributed by atoms with E-state index in [9.17, 15) is 4.79 Å². The number of aromatic nitrogens is 3. The van der Waals surface area contributed by atoms with Crippen molar-refractivity contribution in [2.75, 3.05) is 5.88 Å². The molecule has 0 aliphatic heterocycles. The predicted molar refractivity (Wildman–Crippen MR) is 59.4 cm³/mol. The van der Waals surface area contributed by atoms with Crippen molar-refractivity contribution in [3.8, 4) is 11.5 Å². The second-order valence-electron chi connectivity index (χ2n) is 3.30. The third-order valence-electron chi connectivity index (χ3n) is 2.13. The Morgan fingerprint density at radius 1 is 1.50 bits per heavy atom. The third kappa shape index (κ3) is 2.14. The number of halogens is 1. The first kappa shape index (κ1) is 10.9. The van der Waals surface area contributed by atoms with Crippen LogP contribution in [0.5, 0.6) is 0 Å². The summed E-state index contributed by atoms with van der Waals surface area (Å²) in [6.07, 6.45) is 2.18. The van der Waals surface area contributed by atoms with Gasteiger partial charge in [0.1, 0.15) is 0 Å². The molecule has 0 aliphatic carbocycles. The first-order valence-electron chi connectivity index (χ1n) is 4.76. The number of hydrogen-bond donors (Lipinski definition) is 0. The molecule has 0 bridgehead atoms. The molecule has 2 aromatic rings. The van der Waals surface area contributed by atoms with Crippen molar-refractivity contribution in [2.45, 2.75) is 6.42 Å². The zero-order valence-electron chi connectivity index (χ0n) is 8.68. The zero-order chi connectivity index (χ0) is 11.5. The van der Waals surface area contributed by atoms with Gasteiger partial charge in [-0.1, -0.05) is 0 Å². The summed E-state index contributed by atoms with van der Waals surface area (Å²) in [7, 11) is 1.68. The molecule has 0 aliphatic rings. The highest BCUT2D eigenvalue weighted by molar-refractivity contribution is 6.17. The van der Waals surface area contributed by atoms with E-state index in [-0.39, 0.29) is 5.56 Å². The normalized spacial score (nSPS) is 10.6. The van der Waals surface area contributed by atoms with Crippen LogP contribution in [-0.4, -0.2) is 20.6 Å². The van der Waals surface area contributed by atoms with Crippen molar-refractivity contribution in [1.82, 2.24) is 14.8 Å². The van der Waals surface area contributed by atoms with Gasteiger partial charge in [-0.25, -0.2) is 0 Å². The number of rotatable bonds is 3. The van der Waals surface area contributed by atoms with Crippen LogP contribution in [0.25, 0.3) is 11.5 Å². The molecular formula is C10H10ClN3O2. The van der Waals surface area contributed by atoms with Crippen molar-refractivity contribution < 1.29 is 4.42 Å². The van der Waals surface area contributed by atoms with E-state index in [1.165, 1.54) is 10.6 Å². The fourth-order valence-corrected chi connectivity index (χ4v) is 1.40. The van der Waals surface area contributed by atoms with Crippen molar-refractivity contribution in [3.05, 3.63) is 34.6 Å². The van der Waals surface area contributed by atoms with Gasteiger partial charge in [0, 0.05) is 37.2 Å². The smallest absolute Gasteiger partial charge is 0.251 e. The highest BCUT2D eigenvalue weighted by Crippen LogP contribution is 2.15. The maximum absolute atomic E-state index is 11.4. The van der Waals surface area contributed by atoms with Gasteiger partial charge in [-0.15, -0.1) is 21.8 Å². The first-order chi connectivity index (χ1) is 7.70. The molecule has 0 radical (unpaired) electrons. The average Bonchev–Trinajstić information content (AvgIpc) is 2.71. The fraction of sp³-hybridized carbons (Fsp3) is 0.300. The van der Waals surface area contributed by atoms with E-state index in [1.54, 1.807) is 19.3 Å². The van der Waals surface area contributed by atoms with E-state index in [0.29, 0.717) is 29.6 Å². The molecule has 0 aromatic carbocycles. The van der Waals surface area contributed by atoms with E-state index in [2.05, 4.69) is 10.2 Å². The summed E-state index contributed by atoms with van der Waals surface area (Å²) in [5.74, 6) is 1.25. The van der Waals surface area contributed by atoms with Gasteiger partial charge in [0.15, 0.2) is 0 Å². The van der Waals surface area contributed by atoms with E-state index in [1.807, 2.05) is 0 Å². The minimum Gasteiger partial charge on any atom is -0.421 e. The second kappa shape index (κ2) is 4.49. The minimum atomic E-state index is -0.116. The van der Waals surface area contributed by atoms with E-state index < -0.39 is 0 Å². The lowest BCUT2D eigenvalue weighted by molar-refractivity contribution is 0.513. The number of alkyl halides is 1. The maximum atomic E-state index is 11.4. The van der Waals surface area contributed by atoms with E-state index in [4.69, 9.17) is 16.0 Å². The van der Waals surface area contributed by atoms with Gasteiger partial charge < -0.3 is 8.98 Å². The van der Waals surface area contributed by atoms with Gasteiger partial charge in [0.25, 0.3) is 5.56 Å². The first-order valence-corrected chi connectivity index (χ1v) is 5.29. The Bertz CT molecular complexity index is 547. The van der Waals surface area contributed by atoms with Crippen LogP contribution < -0.4 is 5.56 Å². The van der Waals surface area contributed by atoms with E-state index >= 15 is 0 Å². The lowest BCUT2D eigenvalue weighted by Gasteiger charge is -1.97. The van der Waals surface area contributed by atoms with Crippen LogP contribution in [0, 0.1) is 0 Å². The standard InChI is InChI=1S/C10H10ClN3O2/c1-14-5-3-7(6-9(14)15)10-13-12-8(16-10)2-4-11/h3,5-6H,2,4H2,1H3. The molecule has 2 heterocycles. The van der Waals surface area contributed by atoms with Crippen molar-refractivity contribution in [3.63, 3.8) is 0 Å². The third-order valence-corrected chi connectivity index (χ3v) is 2.32. The Morgan fingerprint density at radius 2 is 2.31 bits per heavy atom. The number of hydrogen-bond acceptors (Lipinski definition) is 4. The highest BCUT2D eigenvalue weighted by atomic mass is 35.5. The van der Waals surface area contributed by atoms with Crippen LogP contribution in [0.2, 0.25) is 0 Å².